The summed E-state index contributed by atoms with van der Waals surface area (Å²) in [5.74, 6) is 0.496. The Morgan fingerprint density at radius 3 is 2.53 bits per heavy atom. The van der Waals surface area contributed by atoms with Gasteiger partial charge in [-0.25, -0.2) is 0 Å². The summed E-state index contributed by atoms with van der Waals surface area (Å²) in [5.41, 5.74) is 5.90. The fraction of sp³-hybridized carbons (Fsp3) is 0.786. The van der Waals surface area contributed by atoms with Gasteiger partial charge in [0.1, 0.15) is 0 Å². The van der Waals surface area contributed by atoms with Crippen LogP contribution in [0.25, 0.3) is 0 Å². The first-order chi connectivity index (χ1) is 8.22. The lowest BCUT2D eigenvalue weighted by atomic mass is 10.0. The van der Waals surface area contributed by atoms with Crippen molar-refractivity contribution in [2.24, 2.45) is 11.7 Å². The van der Waals surface area contributed by atoms with Gasteiger partial charge in [-0.1, -0.05) is 18.9 Å². The fourth-order valence-corrected chi connectivity index (χ4v) is 3.25. The molecular weight excluding hydrogens is 212 g/mol. The highest BCUT2D eigenvalue weighted by atomic mass is 16.2. The molecule has 96 valence electrons. The summed E-state index contributed by atoms with van der Waals surface area (Å²) in [5, 5.41) is 0. The third-order valence-corrected chi connectivity index (χ3v) is 4.20. The maximum Gasteiger partial charge on any atom is 0.226 e. The minimum atomic E-state index is 0.172. The van der Waals surface area contributed by atoms with Crippen LogP contribution in [0.15, 0.2) is 12.7 Å². The third-order valence-electron chi connectivity index (χ3n) is 4.20. The largest absolute Gasteiger partial charge is 0.336 e. The number of nitrogens with zero attached hydrogens (tertiary/aromatic N) is 1. The molecule has 1 amide bonds. The van der Waals surface area contributed by atoms with Gasteiger partial charge in [0, 0.05) is 24.5 Å². The minimum absolute atomic E-state index is 0.172. The van der Waals surface area contributed by atoms with E-state index in [1.165, 1.54) is 25.7 Å². The normalized spacial score (nSPS) is 29.5. The number of hydrogen-bond acceptors (Lipinski definition) is 2. The molecule has 2 rings (SSSR count). The van der Waals surface area contributed by atoms with Crippen molar-refractivity contribution < 1.29 is 4.79 Å². The summed E-state index contributed by atoms with van der Waals surface area (Å²) in [6.07, 6.45) is 9.55. The lowest BCUT2D eigenvalue weighted by Gasteiger charge is -2.30. The van der Waals surface area contributed by atoms with Crippen molar-refractivity contribution in [2.45, 2.75) is 57.0 Å². The van der Waals surface area contributed by atoms with Gasteiger partial charge in [-0.05, 0) is 32.1 Å². The standard InChI is InChI=1S/C14H24N2O/c1-2-9-16(13-5-3-4-6-13)14(17)11-7-8-12(15)10-11/h2,11-13H,1,3-10,15H2. The van der Waals surface area contributed by atoms with Crippen molar-refractivity contribution >= 4 is 5.91 Å². The number of amides is 1. The van der Waals surface area contributed by atoms with Gasteiger partial charge in [0.2, 0.25) is 5.91 Å². The Balaban J connectivity index is 1.99. The van der Waals surface area contributed by atoms with Crippen LogP contribution in [-0.2, 0) is 4.79 Å². The van der Waals surface area contributed by atoms with Crippen molar-refractivity contribution in [3.8, 4) is 0 Å². The summed E-state index contributed by atoms with van der Waals surface area (Å²) in [4.78, 5) is 14.5. The number of carbonyl (C=O) groups is 1. The zero-order chi connectivity index (χ0) is 12.3. The van der Waals surface area contributed by atoms with E-state index >= 15 is 0 Å². The van der Waals surface area contributed by atoms with Crippen molar-refractivity contribution in [3.05, 3.63) is 12.7 Å². The molecule has 2 aliphatic carbocycles. The van der Waals surface area contributed by atoms with Crippen LogP contribution in [0.2, 0.25) is 0 Å². The molecule has 3 heteroatoms. The molecule has 0 aliphatic heterocycles. The zero-order valence-electron chi connectivity index (χ0n) is 10.6. The van der Waals surface area contributed by atoms with Gasteiger partial charge in [-0.15, -0.1) is 6.58 Å². The second-order valence-electron chi connectivity index (χ2n) is 5.49. The topological polar surface area (TPSA) is 46.3 Å². The van der Waals surface area contributed by atoms with Crippen molar-refractivity contribution in [1.82, 2.24) is 4.90 Å². The Labute approximate surface area is 104 Å². The van der Waals surface area contributed by atoms with Crippen LogP contribution in [0, 0.1) is 5.92 Å². The average molecular weight is 236 g/mol. The van der Waals surface area contributed by atoms with Crippen LogP contribution in [0.3, 0.4) is 0 Å². The van der Waals surface area contributed by atoms with E-state index in [1.54, 1.807) is 0 Å². The van der Waals surface area contributed by atoms with Crippen LogP contribution in [0.5, 0.6) is 0 Å². The molecule has 3 nitrogen and oxygen atoms in total. The molecule has 0 saturated heterocycles. The van der Waals surface area contributed by atoms with E-state index in [1.807, 2.05) is 6.08 Å². The molecule has 17 heavy (non-hydrogen) atoms. The molecule has 2 unspecified atom stereocenters. The number of hydrogen-bond donors (Lipinski definition) is 1. The highest BCUT2D eigenvalue weighted by Crippen LogP contribution is 2.30. The molecule has 2 aliphatic rings. The monoisotopic (exact) mass is 236 g/mol. The predicted molar refractivity (Wildman–Crippen MR) is 69.5 cm³/mol. The molecule has 0 spiro atoms. The first-order valence-corrected chi connectivity index (χ1v) is 6.89. The molecule has 2 fully saturated rings. The molecule has 0 radical (unpaired) electrons. The molecular formula is C14H24N2O. The Hall–Kier alpha value is -0.830. The quantitative estimate of drug-likeness (QED) is 0.760. The predicted octanol–water partition coefficient (Wildman–Crippen LogP) is 2.07. The van der Waals surface area contributed by atoms with Gasteiger partial charge < -0.3 is 10.6 Å². The summed E-state index contributed by atoms with van der Waals surface area (Å²) in [6.45, 7) is 4.48. The molecule has 2 saturated carbocycles. The van der Waals surface area contributed by atoms with Gasteiger partial charge in [0.05, 0.1) is 0 Å². The Kier molecular flexibility index (Phi) is 4.21. The highest BCUT2D eigenvalue weighted by molar-refractivity contribution is 5.79. The molecule has 0 aromatic rings. The van der Waals surface area contributed by atoms with Crippen LogP contribution >= 0.6 is 0 Å². The van der Waals surface area contributed by atoms with Crippen LogP contribution < -0.4 is 5.73 Å². The van der Waals surface area contributed by atoms with E-state index in [0.717, 1.165) is 19.3 Å². The summed E-state index contributed by atoms with van der Waals surface area (Å²) in [7, 11) is 0. The van der Waals surface area contributed by atoms with Gasteiger partial charge in [-0.2, -0.15) is 0 Å². The molecule has 0 bridgehead atoms. The molecule has 2 N–H and O–H groups in total. The lowest BCUT2D eigenvalue weighted by Crippen LogP contribution is -2.42. The average Bonchev–Trinajstić information content (AvgIpc) is 2.95. The molecule has 2 atom stereocenters. The Bertz CT molecular complexity index is 284. The van der Waals surface area contributed by atoms with E-state index in [-0.39, 0.29) is 12.0 Å². The fourth-order valence-electron chi connectivity index (χ4n) is 3.25. The van der Waals surface area contributed by atoms with Crippen molar-refractivity contribution in [2.75, 3.05) is 6.54 Å². The maximum atomic E-state index is 12.5. The van der Waals surface area contributed by atoms with Crippen molar-refractivity contribution in [1.29, 1.82) is 0 Å². The van der Waals surface area contributed by atoms with Crippen LogP contribution in [-0.4, -0.2) is 29.4 Å². The van der Waals surface area contributed by atoms with Gasteiger partial charge in [-0.3, -0.25) is 4.79 Å². The second kappa shape index (κ2) is 5.67. The molecule has 0 heterocycles. The highest BCUT2D eigenvalue weighted by Gasteiger charge is 2.34. The van der Waals surface area contributed by atoms with E-state index < -0.39 is 0 Å². The number of carbonyl (C=O) groups excluding carboxylic acids is 1. The summed E-state index contributed by atoms with van der Waals surface area (Å²) >= 11 is 0. The van der Waals surface area contributed by atoms with Crippen LogP contribution in [0.4, 0.5) is 0 Å². The lowest BCUT2D eigenvalue weighted by molar-refractivity contribution is -0.137. The Morgan fingerprint density at radius 1 is 1.29 bits per heavy atom. The zero-order valence-corrected chi connectivity index (χ0v) is 10.6. The van der Waals surface area contributed by atoms with Gasteiger partial charge in [0.15, 0.2) is 0 Å². The minimum Gasteiger partial charge on any atom is -0.336 e. The maximum absolute atomic E-state index is 12.5. The second-order valence-corrected chi connectivity index (χ2v) is 5.49. The first-order valence-electron chi connectivity index (χ1n) is 6.89. The smallest absolute Gasteiger partial charge is 0.226 e. The summed E-state index contributed by atoms with van der Waals surface area (Å²) < 4.78 is 0. The van der Waals surface area contributed by atoms with E-state index in [0.29, 0.717) is 18.5 Å². The number of rotatable bonds is 4. The molecule has 0 aromatic heterocycles. The van der Waals surface area contributed by atoms with E-state index in [2.05, 4.69) is 11.5 Å². The first kappa shape index (κ1) is 12.6. The van der Waals surface area contributed by atoms with Gasteiger partial charge >= 0.3 is 0 Å². The van der Waals surface area contributed by atoms with Crippen molar-refractivity contribution in [3.63, 3.8) is 0 Å². The molecule has 0 aromatic carbocycles. The van der Waals surface area contributed by atoms with Gasteiger partial charge in [0.25, 0.3) is 0 Å². The van der Waals surface area contributed by atoms with E-state index in [4.69, 9.17) is 5.73 Å². The Morgan fingerprint density at radius 2 is 2.00 bits per heavy atom. The summed E-state index contributed by atoms with van der Waals surface area (Å²) in [6, 6.07) is 0.690. The third kappa shape index (κ3) is 2.89. The van der Waals surface area contributed by atoms with E-state index in [9.17, 15) is 4.79 Å². The SMILES string of the molecule is C=CCN(C(=O)C1CCC(N)C1)C1CCCC1. The van der Waals surface area contributed by atoms with Crippen LogP contribution in [0.1, 0.15) is 44.9 Å². The number of nitrogens with two attached hydrogens (primary N) is 1.